The van der Waals surface area contributed by atoms with Crippen LogP contribution in [-0.4, -0.2) is 58.6 Å². The van der Waals surface area contributed by atoms with Crippen LogP contribution in [0.2, 0.25) is 0 Å². The molecule has 2 aliphatic rings. The zero-order valence-corrected chi connectivity index (χ0v) is 29.1. The number of likely N-dealkylation sites (tertiary alicyclic amines) is 2. The fourth-order valence-electron chi connectivity index (χ4n) is 6.83. The molecular formula is C41H41N7O4. The summed E-state index contributed by atoms with van der Waals surface area (Å²) in [5.41, 5.74) is 15.1. The molecule has 0 spiro atoms. The Balaban J connectivity index is 0.985. The lowest BCUT2D eigenvalue weighted by Gasteiger charge is -2.24. The van der Waals surface area contributed by atoms with E-state index in [1.807, 2.05) is 91.9 Å². The molecule has 2 atom stereocenters. The van der Waals surface area contributed by atoms with Crippen LogP contribution in [0.5, 0.6) is 0 Å². The summed E-state index contributed by atoms with van der Waals surface area (Å²) in [4.78, 5) is 58.6. The van der Waals surface area contributed by atoms with Crippen molar-refractivity contribution in [2.75, 3.05) is 23.7 Å². The molecule has 4 amide bonds. The van der Waals surface area contributed by atoms with Gasteiger partial charge in [0, 0.05) is 35.1 Å². The summed E-state index contributed by atoms with van der Waals surface area (Å²) < 4.78 is 0. The van der Waals surface area contributed by atoms with Gasteiger partial charge in [0.05, 0.1) is 12.8 Å². The third-order valence-corrected chi connectivity index (χ3v) is 9.44. The second-order valence-corrected chi connectivity index (χ2v) is 13.2. The summed E-state index contributed by atoms with van der Waals surface area (Å²) in [5.74, 6) is -0.575. The number of azide groups is 1. The van der Waals surface area contributed by atoms with Crippen LogP contribution in [0, 0.1) is 6.92 Å². The number of amides is 4. The number of aryl methyl sites for hydroxylation is 1. The highest BCUT2D eigenvalue weighted by atomic mass is 16.2. The van der Waals surface area contributed by atoms with Crippen molar-refractivity contribution in [2.24, 2.45) is 5.11 Å². The number of carbonyl (C=O) groups excluding carboxylic acids is 4. The predicted molar refractivity (Wildman–Crippen MR) is 202 cm³/mol. The summed E-state index contributed by atoms with van der Waals surface area (Å²) in [6.07, 6.45) is 7.11. The number of rotatable bonds is 11. The zero-order valence-electron chi connectivity index (χ0n) is 29.1. The van der Waals surface area contributed by atoms with E-state index in [-0.39, 0.29) is 36.5 Å². The Bertz CT molecular complexity index is 2020. The average Bonchev–Trinajstić information content (AvgIpc) is 3.84. The van der Waals surface area contributed by atoms with Gasteiger partial charge in [-0.1, -0.05) is 89.6 Å². The van der Waals surface area contributed by atoms with Crippen molar-refractivity contribution in [2.45, 2.75) is 57.5 Å². The Hall–Kier alpha value is -6.19. The Morgan fingerprint density at radius 3 is 1.67 bits per heavy atom. The summed E-state index contributed by atoms with van der Waals surface area (Å²) in [6, 6.07) is 28.8. The van der Waals surface area contributed by atoms with Crippen molar-refractivity contribution in [3.63, 3.8) is 0 Å². The van der Waals surface area contributed by atoms with E-state index in [9.17, 15) is 19.2 Å². The number of carbonyl (C=O) groups is 4. The SMILES string of the molecule is Cc1cccc(CC(=O)N2CCC[C@H]2C(=O)Nc2ccc(/C=C/c3ccc(NC(=O)[C@@H]4CCCN4C(=O)Cc4cccc(N=[N+]=[N-])c4)cc3)cc2)c1. The Kier molecular flexibility index (Phi) is 11.4. The van der Waals surface area contributed by atoms with Crippen LogP contribution in [0.3, 0.4) is 0 Å². The minimum Gasteiger partial charge on any atom is -0.330 e. The molecule has 4 aromatic rings. The van der Waals surface area contributed by atoms with Crippen LogP contribution < -0.4 is 10.6 Å². The molecule has 2 aliphatic heterocycles. The van der Waals surface area contributed by atoms with E-state index in [0.717, 1.165) is 40.7 Å². The van der Waals surface area contributed by atoms with E-state index in [0.29, 0.717) is 43.0 Å². The van der Waals surface area contributed by atoms with E-state index in [4.69, 9.17) is 5.53 Å². The molecule has 2 heterocycles. The Morgan fingerprint density at radius 1 is 0.712 bits per heavy atom. The van der Waals surface area contributed by atoms with Crippen LogP contribution in [0.4, 0.5) is 17.1 Å². The molecule has 264 valence electrons. The lowest BCUT2D eigenvalue weighted by atomic mass is 10.1. The smallest absolute Gasteiger partial charge is 0.247 e. The van der Waals surface area contributed by atoms with Crippen molar-refractivity contribution in [1.82, 2.24) is 9.80 Å². The fraction of sp³-hybridized carbons (Fsp3) is 0.268. The first-order valence-corrected chi connectivity index (χ1v) is 17.5. The Labute approximate surface area is 303 Å². The van der Waals surface area contributed by atoms with Crippen molar-refractivity contribution in [3.8, 4) is 0 Å². The van der Waals surface area contributed by atoms with Crippen molar-refractivity contribution >= 4 is 52.8 Å². The van der Waals surface area contributed by atoms with Gasteiger partial charge in [0.2, 0.25) is 23.6 Å². The van der Waals surface area contributed by atoms with Gasteiger partial charge in [0.25, 0.3) is 0 Å². The van der Waals surface area contributed by atoms with Crippen molar-refractivity contribution in [1.29, 1.82) is 0 Å². The van der Waals surface area contributed by atoms with Gasteiger partial charge in [-0.25, -0.2) is 0 Å². The molecule has 52 heavy (non-hydrogen) atoms. The maximum atomic E-state index is 13.2. The second kappa shape index (κ2) is 16.7. The van der Waals surface area contributed by atoms with Gasteiger partial charge < -0.3 is 20.4 Å². The van der Waals surface area contributed by atoms with Crippen LogP contribution in [0.15, 0.2) is 102 Å². The van der Waals surface area contributed by atoms with Gasteiger partial charge in [0.15, 0.2) is 0 Å². The summed E-state index contributed by atoms with van der Waals surface area (Å²) in [5, 5.41) is 9.54. The highest BCUT2D eigenvalue weighted by Crippen LogP contribution is 2.24. The standard InChI is InChI=1S/C41H41N7O4/c1-28-6-2-7-31(24-28)26-38(49)47-22-4-10-36(47)40(51)43-33-18-14-29(15-19-33)12-13-30-16-20-34(21-17-30)44-41(52)37-11-5-23-48(37)39(50)27-32-8-3-9-35(25-32)45-46-42/h2-3,6-9,12-21,24-25,36-37H,4-5,10-11,22-23,26-27H2,1H3,(H,43,51)(H,44,52)/b13-12+/t36-,37-/m0/s1. The molecule has 2 saturated heterocycles. The lowest BCUT2D eigenvalue weighted by molar-refractivity contribution is -0.136. The fourth-order valence-corrected chi connectivity index (χ4v) is 6.83. The molecule has 0 saturated carbocycles. The molecule has 0 aromatic heterocycles. The molecule has 0 unspecified atom stereocenters. The van der Waals surface area contributed by atoms with E-state index in [1.165, 1.54) is 0 Å². The maximum absolute atomic E-state index is 13.2. The van der Waals surface area contributed by atoms with Crippen LogP contribution in [0.1, 0.15) is 53.5 Å². The first kappa shape index (κ1) is 35.6. The summed E-state index contributed by atoms with van der Waals surface area (Å²) in [7, 11) is 0. The highest BCUT2D eigenvalue weighted by Gasteiger charge is 2.35. The minimum absolute atomic E-state index is 0.0320. The third kappa shape index (κ3) is 9.12. The molecule has 0 bridgehead atoms. The molecule has 4 aromatic carbocycles. The van der Waals surface area contributed by atoms with Gasteiger partial charge in [-0.3, -0.25) is 19.2 Å². The maximum Gasteiger partial charge on any atom is 0.247 e. The summed E-state index contributed by atoms with van der Waals surface area (Å²) in [6.45, 7) is 3.10. The van der Waals surface area contributed by atoms with E-state index >= 15 is 0 Å². The molecule has 2 fully saturated rings. The van der Waals surface area contributed by atoms with Gasteiger partial charge in [0.1, 0.15) is 12.1 Å². The molecule has 0 radical (unpaired) electrons. The first-order chi connectivity index (χ1) is 25.2. The normalized spacial score (nSPS) is 16.8. The molecular weight excluding hydrogens is 654 g/mol. The Morgan fingerprint density at radius 2 is 1.19 bits per heavy atom. The molecule has 2 N–H and O–H groups in total. The number of benzene rings is 4. The van der Waals surface area contributed by atoms with Gasteiger partial charge in [-0.05, 0) is 90.7 Å². The average molecular weight is 696 g/mol. The predicted octanol–water partition coefficient (Wildman–Crippen LogP) is 7.45. The van der Waals surface area contributed by atoms with Crippen LogP contribution in [0.25, 0.3) is 22.6 Å². The second-order valence-electron chi connectivity index (χ2n) is 13.2. The molecule has 6 rings (SSSR count). The molecule has 11 nitrogen and oxygen atoms in total. The highest BCUT2D eigenvalue weighted by molar-refractivity contribution is 5.99. The third-order valence-electron chi connectivity index (χ3n) is 9.44. The van der Waals surface area contributed by atoms with E-state index in [1.54, 1.807) is 34.1 Å². The van der Waals surface area contributed by atoms with Gasteiger partial charge >= 0.3 is 0 Å². The lowest BCUT2D eigenvalue weighted by Crippen LogP contribution is -2.43. The quantitative estimate of drug-likeness (QED) is 0.0726. The number of hydrogen-bond acceptors (Lipinski definition) is 5. The van der Waals surface area contributed by atoms with Gasteiger partial charge in [-0.2, -0.15) is 0 Å². The topological polar surface area (TPSA) is 148 Å². The molecule has 0 aliphatic carbocycles. The summed E-state index contributed by atoms with van der Waals surface area (Å²) >= 11 is 0. The number of nitrogens with one attached hydrogen (secondary N) is 2. The number of anilines is 2. The van der Waals surface area contributed by atoms with E-state index in [2.05, 4.69) is 20.7 Å². The van der Waals surface area contributed by atoms with Crippen molar-refractivity contribution < 1.29 is 19.2 Å². The molecule has 11 heteroatoms. The van der Waals surface area contributed by atoms with Gasteiger partial charge in [-0.15, -0.1) is 0 Å². The van der Waals surface area contributed by atoms with E-state index < -0.39 is 12.1 Å². The monoisotopic (exact) mass is 695 g/mol. The minimum atomic E-state index is -0.552. The number of hydrogen-bond donors (Lipinski definition) is 2. The van der Waals surface area contributed by atoms with Crippen LogP contribution in [-0.2, 0) is 32.0 Å². The first-order valence-electron chi connectivity index (χ1n) is 17.5. The van der Waals surface area contributed by atoms with Crippen LogP contribution >= 0.6 is 0 Å². The number of nitrogens with zero attached hydrogens (tertiary/aromatic N) is 5. The van der Waals surface area contributed by atoms with Crippen molar-refractivity contribution in [3.05, 3.63) is 135 Å². The largest absolute Gasteiger partial charge is 0.330 e. The zero-order chi connectivity index (χ0) is 36.5.